The summed E-state index contributed by atoms with van der Waals surface area (Å²) in [5.41, 5.74) is 3.23. The molecule has 2 aromatic carbocycles. The fourth-order valence-electron chi connectivity index (χ4n) is 2.30. The first-order valence-electron chi connectivity index (χ1n) is 6.62. The van der Waals surface area contributed by atoms with Crippen LogP contribution in [-0.4, -0.2) is 5.91 Å². The van der Waals surface area contributed by atoms with Crippen molar-refractivity contribution in [2.75, 3.05) is 5.32 Å². The number of furan rings is 1. The molecule has 21 heavy (non-hydrogen) atoms. The van der Waals surface area contributed by atoms with Crippen LogP contribution in [0.3, 0.4) is 0 Å². The van der Waals surface area contributed by atoms with Crippen molar-refractivity contribution in [2.24, 2.45) is 0 Å². The van der Waals surface area contributed by atoms with Crippen LogP contribution in [0.15, 0.2) is 46.9 Å². The third-order valence-corrected chi connectivity index (χ3v) is 3.73. The zero-order chi connectivity index (χ0) is 15.0. The van der Waals surface area contributed by atoms with Gasteiger partial charge in [0.2, 0.25) is 0 Å². The Labute approximate surface area is 127 Å². The van der Waals surface area contributed by atoms with Crippen LogP contribution in [0.5, 0.6) is 0 Å². The second-order valence-corrected chi connectivity index (χ2v) is 5.40. The molecule has 1 N–H and O–H groups in total. The van der Waals surface area contributed by atoms with Crippen molar-refractivity contribution < 1.29 is 9.21 Å². The summed E-state index contributed by atoms with van der Waals surface area (Å²) < 4.78 is 5.66. The summed E-state index contributed by atoms with van der Waals surface area (Å²) in [7, 11) is 0. The van der Waals surface area contributed by atoms with E-state index in [1.54, 1.807) is 18.2 Å². The molecule has 3 nitrogen and oxygen atoms in total. The van der Waals surface area contributed by atoms with Crippen molar-refractivity contribution in [2.45, 2.75) is 13.8 Å². The topological polar surface area (TPSA) is 42.2 Å². The minimum absolute atomic E-state index is 0.255. The molecule has 0 spiro atoms. The first kappa shape index (κ1) is 13.7. The van der Waals surface area contributed by atoms with Crippen molar-refractivity contribution >= 4 is 34.2 Å². The molecule has 0 saturated carbocycles. The highest BCUT2D eigenvalue weighted by Crippen LogP contribution is 2.28. The standard InChI is InChI=1S/C17H14ClNO2/c1-10-5-3-4-6-14(10)19-17(20)16-11(2)13-9-12(18)7-8-15(13)21-16/h3-9H,1-2H3,(H,19,20). The molecule has 0 aliphatic rings. The summed E-state index contributed by atoms with van der Waals surface area (Å²) in [5.74, 6) is 0.0599. The van der Waals surface area contributed by atoms with Crippen LogP contribution < -0.4 is 5.32 Å². The maximum atomic E-state index is 12.4. The van der Waals surface area contributed by atoms with Crippen LogP contribution in [0.2, 0.25) is 5.02 Å². The fraction of sp³-hybridized carbons (Fsp3) is 0.118. The Balaban J connectivity index is 1.99. The van der Waals surface area contributed by atoms with Crippen molar-refractivity contribution in [3.63, 3.8) is 0 Å². The summed E-state index contributed by atoms with van der Waals surface area (Å²) in [5, 5.41) is 4.36. The van der Waals surface area contributed by atoms with Crippen molar-refractivity contribution in [3.05, 3.63) is 64.4 Å². The van der Waals surface area contributed by atoms with Crippen molar-refractivity contribution in [1.29, 1.82) is 0 Å². The van der Waals surface area contributed by atoms with E-state index in [9.17, 15) is 4.79 Å². The zero-order valence-electron chi connectivity index (χ0n) is 11.7. The first-order valence-corrected chi connectivity index (χ1v) is 6.99. The molecule has 106 valence electrons. The molecule has 1 aromatic heterocycles. The number of fused-ring (bicyclic) bond motifs is 1. The monoisotopic (exact) mass is 299 g/mol. The quantitative estimate of drug-likeness (QED) is 0.727. The molecule has 0 unspecified atom stereocenters. The molecule has 0 aliphatic carbocycles. The van der Waals surface area contributed by atoms with E-state index in [-0.39, 0.29) is 5.91 Å². The van der Waals surface area contributed by atoms with Crippen LogP contribution in [0.4, 0.5) is 5.69 Å². The Hall–Kier alpha value is -2.26. The van der Waals surface area contributed by atoms with Gasteiger partial charge in [0, 0.05) is 21.7 Å². The molecule has 4 heteroatoms. The Morgan fingerprint density at radius 3 is 2.67 bits per heavy atom. The van der Waals surface area contributed by atoms with Gasteiger partial charge in [-0.1, -0.05) is 29.8 Å². The lowest BCUT2D eigenvalue weighted by molar-refractivity contribution is 0.0998. The largest absolute Gasteiger partial charge is 0.451 e. The summed E-state index contributed by atoms with van der Waals surface area (Å²) in [6, 6.07) is 12.9. The van der Waals surface area contributed by atoms with E-state index in [0.29, 0.717) is 16.4 Å². The minimum atomic E-state index is -0.255. The molecule has 0 saturated heterocycles. The van der Waals surface area contributed by atoms with E-state index in [1.807, 2.05) is 38.1 Å². The predicted octanol–water partition coefficient (Wildman–Crippen LogP) is 4.96. The summed E-state index contributed by atoms with van der Waals surface area (Å²) in [6.07, 6.45) is 0. The van der Waals surface area contributed by atoms with Crippen LogP contribution in [-0.2, 0) is 0 Å². The number of halogens is 1. The first-order chi connectivity index (χ1) is 10.1. The molecular weight excluding hydrogens is 286 g/mol. The minimum Gasteiger partial charge on any atom is -0.451 e. The summed E-state index contributed by atoms with van der Waals surface area (Å²) >= 11 is 5.99. The molecule has 0 fully saturated rings. The number of aryl methyl sites for hydroxylation is 2. The molecule has 1 heterocycles. The Bertz CT molecular complexity index is 836. The third kappa shape index (κ3) is 2.52. The molecule has 3 rings (SSSR count). The number of amides is 1. The summed E-state index contributed by atoms with van der Waals surface area (Å²) in [6.45, 7) is 3.80. The second-order valence-electron chi connectivity index (χ2n) is 4.97. The van der Waals surface area contributed by atoms with Gasteiger partial charge >= 0.3 is 0 Å². The maximum Gasteiger partial charge on any atom is 0.291 e. The number of carbonyl (C=O) groups excluding carboxylic acids is 1. The van der Waals surface area contributed by atoms with Gasteiger partial charge in [-0.05, 0) is 43.7 Å². The normalized spacial score (nSPS) is 10.8. The van der Waals surface area contributed by atoms with Gasteiger partial charge in [-0.15, -0.1) is 0 Å². The maximum absolute atomic E-state index is 12.4. The number of hydrogen-bond acceptors (Lipinski definition) is 2. The number of carbonyl (C=O) groups is 1. The third-order valence-electron chi connectivity index (χ3n) is 3.50. The van der Waals surface area contributed by atoms with Gasteiger partial charge in [-0.2, -0.15) is 0 Å². The van der Waals surface area contributed by atoms with E-state index in [4.69, 9.17) is 16.0 Å². The van der Waals surface area contributed by atoms with Gasteiger partial charge in [-0.3, -0.25) is 4.79 Å². The Kier molecular flexibility index (Phi) is 3.43. The highest BCUT2D eigenvalue weighted by atomic mass is 35.5. The van der Waals surface area contributed by atoms with Crippen LogP contribution in [0.1, 0.15) is 21.7 Å². The number of anilines is 1. The van der Waals surface area contributed by atoms with Gasteiger partial charge in [0.25, 0.3) is 5.91 Å². The van der Waals surface area contributed by atoms with Crippen molar-refractivity contribution in [3.8, 4) is 0 Å². The van der Waals surface area contributed by atoms with E-state index < -0.39 is 0 Å². The predicted molar refractivity (Wildman–Crippen MR) is 85.1 cm³/mol. The van der Waals surface area contributed by atoms with Crippen molar-refractivity contribution in [1.82, 2.24) is 0 Å². The highest BCUT2D eigenvalue weighted by Gasteiger charge is 2.18. The Morgan fingerprint density at radius 1 is 1.14 bits per heavy atom. The lowest BCUT2D eigenvalue weighted by Crippen LogP contribution is -2.12. The molecule has 3 aromatic rings. The molecule has 0 atom stereocenters. The number of hydrogen-bond donors (Lipinski definition) is 1. The summed E-state index contributed by atoms with van der Waals surface area (Å²) in [4.78, 5) is 12.4. The average molecular weight is 300 g/mol. The molecule has 0 radical (unpaired) electrons. The van der Waals surface area contributed by atoms with E-state index >= 15 is 0 Å². The fourth-order valence-corrected chi connectivity index (χ4v) is 2.47. The van der Waals surface area contributed by atoms with E-state index in [0.717, 1.165) is 22.2 Å². The van der Waals surface area contributed by atoms with Crippen LogP contribution >= 0.6 is 11.6 Å². The number of rotatable bonds is 2. The second kappa shape index (κ2) is 5.26. The van der Waals surface area contributed by atoms with Gasteiger partial charge in [0.1, 0.15) is 5.58 Å². The van der Waals surface area contributed by atoms with Crippen LogP contribution in [0, 0.1) is 13.8 Å². The van der Waals surface area contributed by atoms with Gasteiger partial charge in [0.05, 0.1) is 0 Å². The Morgan fingerprint density at radius 2 is 1.90 bits per heavy atom. The smallest absolute Gasteiger partial charge is 0.291 e. The number of benzene rings is 2. The molecular formula is C17H14ClNO2. The van der Waals surface area contributed by atoms with Gasteiger partial charge in [-0.25, -0.2) is 0 Å². The SMILES string of the molecule is Cc1ccccc1NC(=O)c1oc2ccc(Cl)cc2c1C. The van der Waals surface area contributed by atoms with E-state index in [1.165, 1.54) is 0 Å². The highest BCUT2D eigenvalue weighted by molar-refractivity contribution is 6.31. The zero-order valence-corrected chi connectivity index (χ0v) is 12.5. The lowest BCUT2D eigenvalue weighted by Gasteiger charge is -2.06. The average Bonchev–Trinajstić information content (AvgIpc) is 2.79. The van der Waals surface area contributed by atoms with Crippen LogP contribution in [0.25, 0.3) is 11.0 Å². The number of nitrogens with one attached hydrogen (secondary N) is 1. The number of para-hydroxylation sites is 1. The lowest BCUT2D eigenvalue weighted by atomic mass is 10.1. The van der Waals surface area contributed by atoms with E-state index in [2.05, 4.69) is 5.32 Å². The van der Waals surface area contributed by atoms with Gasteiger partial charge < -0.3 is 9.73 Å². The molecule has 0 bridgehead atoms. The molecule has 1 amide bonds. The van der Waals surface area contributed by atoms with Gasteiger partial charge in [0.15, 0.2) is 5.76 Å². The molecule has 0 aliphatic heterocycles.